The first-order valence-corrected chi connectivity index (χ1v) is 9.03. The van der Waals surface area contributed by atoms with Crippen LogP contribution in [0.1, 0.15) is 30.0 Å². The van der Waals surface area contributed by atoms with E-state index in [0.717, 1.165) is 48.7 Å². The van der Waals surface area contributed by atoms with Crippen molar-refractivity contribution in [2.75, 3.05) is 26.7 Å². The van der Waals surface area contributed by atoms with Crippen LogP contribution in [-0.4, -0.2) is 26.7 Å². The van der Waals surface area contributed by atoms with E-state index in [1.807, 2.05) is 26.1 Å². The van der Waals surface area contributed by atoms with Gasteiger partial charge in [-0.1, -0.05) is 42.0 Å². The smallest absolute Gasteiger partial charge is 0.166 e. The van der Waals surface area contributed by atoms with Crippen LogP contribution in [-0.2, 0) is 13.2 Å². The van der Waals surface area contributed by atoms with Gasteiger partial charge in [-0.2, -0.15) is 0 Å². The van der Waals surface area contributed by atoms with Crippen molar-refractivity contribution in [3.63, 3.8) is 0 Å². The zero-order valence-corrected chi connectivity index (χ0v) is 15.6. The highest BCUT2D eigenvalue weighted by Gasteiger charge is 2.11. The molecule has 2 aromatic carbocycles. The van der Waals surface area contributed by atoms with Gasteiger partial charge in [-0.15, -0.1) is 0 Å². The fourth-order valence-electron chi connectivity index (χ4n) is 2.59. The Morgan fingerprint density at radius 3 is 2.48 bits per heavy atom. The molecule has 0 unspecified atom stereocenters. The van der Waals surface area contributed by atoms with Gasteiger partial charge in [-0.3, -0.25) is 0 Å². The average molecular weight is 342 g/mol. The Labute approximate surface area is 151 Å². The van der Waals surface area contributed by atoms with Crippen LogP contribution in [0.25, 0.3) is 0 Å². The molecular formula is C21H30N2O2. The normalized spacial score (nSPS) is 10.7. The van der Waals surface area contributed by atoms with Gasteiger partial charge in [-0.05, 0) is 52.0 Å². The maximum absolute atomic E-state index is 6.15. The molecule has 4 nitrogen and oxygen atoms in total. The number of rotatable bonds is 11. The lowest BCUT2D eigenvalue weighted by Crippen LogP contribution is -2.20. The monoisotopic (exact) mass is 342 g/mol. The van der Waals surface area contributed by atoms with Gasteiger partial charge in [0.15, 0.2) is 11.5 Å². The first kappa shape index (κ1) is 19.3. The minimum absolute atomic E-state index is 0.539. The molecule has 0 spiro atoms. The third kappa shape index (κ3) is 6.40. The van der Waals surface area contributed by atoms with E-state index in [1.165, 1.54) is 5.56 Å². The van der Waals surface area contributed by atoms with Crippen molar-refractivity contribution in [3.05, 3.63) is 59.2 Å². The number of hydrogen-bond acceptors (Lipinski definition) is 4. The van der Waals surface area contributed by atoms with Crippen molar-refractivity contribution >= 4 is 0 Å². The predicted octanol–water partition coefficient (Wildman–Crippen LogP) is 3.67. The van der Waals surface area contributed by atoms with Gasteiger partial charge >= 0.3 is 0 Å². The summed E-state index contributed by atoms with van der Waals surface area (Å²) >= 11 is 0. The van der Waals surface area contributed by atoms with E-state index in [2.05, 4.69) is 47.9 Å². The zero-order chi connectivity index (χ0) is 17.9. The van der Waals surface area contributed by atoms with Crippen molar-refractivity contribution in [2.45, 2.75) is 33.4 Å². The largest absolute Gasteiger partial charge is 0.490 e. The van der Waals surface area contributed by atoms with E-state index in [1.54, 1.807) is 0 Å². The Morgan fingerprint density at radius 2 is 1.76 bits per heavy atom. The molecule has 0 saturated heterocycles. The Balaban J connectivity index is 2.04. The summed E-state index contributed by atoms with van der Waals surface area (Å²) in [7, 11) is 1.97. The Kier molecular flexibility index (Phi) is 8.29. The lowest BCUT2D eigenvalue weighted by atomic mass is 10.1. The zero-order valence-electron chi connectivity index (χ0n) is 15.6. The quantitative estimate of drug-likeness (QED) is 0.612. The minimum Gasteiger partial charge on any atom is -0.490 e. The lowest BCUT2D eigenvalue weighted by molar-refractivity contribution is 0.266. The summed E-state index contributed by atoms with van der Waals surface area (Å²) in [5.74, 6) is 1.65. The van der Waals surface area contributed by atoms with Crippen LogP contribution in [0, 0.1) is 6.92 Å². The van der Waals surface area contributed by atoms with Gasteiger partial charge in [0, 0.05) is 12.1 Å². The van der Waals surface area contributed by atoms with Crippen LogP contribution in [0.5, 0.6) is 11.5 Å². The standard InChI is InChI=1S/C21H30N2O2/c1-4-24-20-8-5-7-19(15-23-14-6-13-22-3)21(20)25-16-18-11-9-17(2)10-12-18/h5,7-12,22-23H,4,6,13-16H2,1-3H3. The summed E-state index contributed by atoms with van der Waals surface area (Å²) in [6.07, 6.45) is 1.10. The van der Waals surface area contributed by atoms with Crippen LogP contribution in [0.2, 0.25) is 0 Å². The molecule has 2 rings (SSSR count). The second-order valence-electron chi connectivity index (χ2n) is 6.09. The molecule has 2 N–H and O–H groups in total. The molecule has 0 aliphatic rings. The molecule has 25 heavy (non-hydrogen) atoms. The molecule has 2 aromatic rings. The second kappa shape index (κ2) is 10.7. The Morgan fingerprint density at radius 1 is 0.960 bits per heavy atom. The molecular weight excluding hydrogens is 312 g/mol. The molecule has 0 aromatic heterocycles. The van der Waals surface area contributed by atoms with Gasteiger partial charge in [0.25, 0.3) is 0 Å². The first-order chi connectivity index (χ1) is 12.2. The topological polar surface area (TPSA) is 42.5 Å². The second-order valence-corrected chi connectivity index (χ2v) is 6.09. The number of hydrogen-bond donors (Lipinski definition) is 2. The van der Waals surface area contributed by atoms with Crippen molar-refractivity contribution in [3.8, 4) is 11.5 Å². The summed E-state index contributed by atoms with van der Waals surface area (Å²) in [6.45, 7) is 8.00. The van der Waals surface area contributed by atoms with Crippen LogP contribution >= 0.6 is 0 Å². The Bertz CT molecular complexity index is 626. The fraction of sp³-hybridized carbons (Fsp3) is 0.429. The number of para-hydroxylation sites is 1. The summed E-state index contributed by atoms with van der Waals surface area (Å²) in [5, 5.41) is 6.64. The van der Waals surface area contributed by atoms with Gasteiger partial charge in [0.2, 0.25) is 0 Å². The molecule has 0 amide bonds. The third-order valence-corrected chi connectivity index (χ3v) is 3.96. The van der Waals surface area contributed by atoms with Gasteiger partial charge in [0.05, 0.1) is 6.61 Å². The SMILES string of the molecule is CCOc1cccc(CNCCCNC)c1OCc1ccc(C)cc1. The Hall–Kier alpha value is -2.04. The van der Waals surface area contributed by atoms with Gasteiger partial charge < -0.3 is 20.1 Å². The molecule has 0 aliphatic heterocycles. The molecule has 0 saturated carbocycles. The fourth-order valence-corrected chi connectivity index (χ4v) is 2.59. The molecule has 0 fully saturated rings. The van der Waals surface area contributed by atoms with Gasteiger partial charge in [0.1, 0.15) is 6.61 Å². The summed E-state index contributed by atoms with van der Waals surface area (Å²) in [4.78, 5) is 0. The molecule has 4 heteroatoms. The molecule has 0 bridgehead atoms. The number of benzene rings is 2. The average Bonchev–Trinajstić information content (AvgIpc) is 2.62. The number of nitrogens with one attached hydrogen (secondary N) is 2. The molecule has 0 atom stereocenters. The highest BCUT2D eigenvalue weighted by Crippen LogP contribution is 2.32. The van der Waals surface area contributed by atoms with Crippen molar-refractivity contribution in [1.82, 2.24) is 10.6 Å². The van der Waals surface area contributed by atoms with E-state index in [9.17, 15) is 0 Å². The van der Waals surface area contributed by atoms with E-state index >= 15 is 0 Å². The van der Waals surface area contributed by atoms with E-state index in [4.69, 9.17) is 9.47 Å². The van der Waals surface area contributed by atoms with Crippen molar-refractivity contribution in [1.29, 1.82) is 0 Å². The highest BCUT2D eigenvalue weighted by atomic mass is 16.5. The molecule has 0 heterocycles. The summed E-state index contributed by atoms with van der Waals surface area (Å²) < 4.78 is 11.9. The maximum Gasteiger partial charge on any atom is 0.166 e. The van der Waals surface area contributed by atoms with E-state index in [-0.39, 0.29) is 0 Å². The van der Waals surface area contributed by atoms with Crippen molar-refractivity contribution < 1.29 is 9.47 Å². The third-order valence-electron chi connectivity index (χ3n) is 3.96. The van der Waals surface area contributed by atoms with Crippen LogP contribution in [0.3, 0.4) is 0 Å². The molecule has 136 valence electrons. The minimum atomic E-state index is 0.539. The van der Waals surface area contributed by atoms with Crippen LogP contribution < -0.4 is 20.1 Å². The molecule has 0 radical (unpaired) electrons. The maximum atomic E-state index is 6.15. The van der Waals surface area contributed by atoms with Crippen LogP contribution in [0.15, 0.2) is 42.5 Å². The first-order valence-electron chi connectivity index (χ1n) is 9.03. The number of aryl methyl sites for hydroxylation is 1. The molecule has 0 aliphatic carbocycles. The lowest BCUT2D eigenvalue weighted by Gasteiger charge is -2.16. The number of ether oxygens (including phenoxy) is 2. The summed E-state index contributed by atoms with van der Waals surface area (Å²) in [6, 6.07) is 14.5. The van der Waals surface area contributed by atoms with Crippen molar-refractivity contribution in [2.24, 2.45) is 0 Å². The predicted molar refractivity (Wildman–Crippen MR) is 103 cm³/mol. The van der Waals surface area contributed by atoms with Crippen LogP contribution in [0.4, 0.5) is 0 Å². The van der Waals surface area contributed by atoms with Gasteiger partial charge in [-0.25, -0.2) is 0 Å². The van der Waals surface area contributed by atoms with E-state index < -0.39 is 0 Å². The summed E-state index contributed by atoms with van der Waals surface area (Å²) in [5.41, 5.74) is 3.54. The van der Waals surface area contributed by atoms with E-state index in [0.29, 0.717) is 13.2 Å². The highest BCUT2D eigenvalue weighted by molar-refractivity contribution is 5.46.